The molecule has 3 aliphatic carbocycles. The van der Waals surface area contributed by atoms with E-state index in [4.69, 9.17) is 5.73 Å². The summed E-state index contributed by atoms with van der Waals surface area (Å²) in [6.07, 6.45) is 12.7. The number of rotatable bonds is 5. The first-order valence-electron chi connectivity index (χ1n) is 9.55. The van der Waals surface area contributed by atoms with Crippen LogP contribution in [0.4, 0.5) is 0 Å². The molecule has 3 saturated carbocycles. The number of nitrogens with zero attached hydrogens (tertiary/aromatic N) is 2. The molecule has 1 aromatic rings. The van der Waals surface area contributed by atoms with Gasteiger partial charge >= 0.3 is 0 Å². The molecule has 0 aliphatic heterocycles. The van der Waals surface area contributed by atoms with Crippen LogP contribution >= 0.6 is 12.4 Å². The zero-order valence-corrected chi connectivity index (χ0v) is 15.5. The summed E-state index contributed by atoms with van der Waals surface area (Å²) in [6, 6.07) is 0.324. The van der Waals surface area contributed by atoms with Crippen molar-refractivity contribution in [2.45, 2.75) is 63.3 Å². The van der Waals surface area contributed by atoms with E-state index >= 15 is 0 Å². The van der Waals surface area contributed by atoms with Gasteiger partial charge in [-0.3, -0.25) is 4.79 Å². The van der Waals surface area contributed by atoms with E-state index in [9.17, 15) is 4.79 Å². The van der Waals surface area contributed by atoms with Crippen molar-refractivity contribution < 1.29 is 4.79 Å². The van der Waals surface area contributed by atoms with Gasteiger partial charge in [-0.25, -0.2) is 9.97 Å². The number of amides is 1. The fourth-order valence-corrected chi connectivity index (χ4v) is 4.52. The van der Waals surface area contributed by atoms with Gasteiger partial charge in [0.2, 0.25) is 5.91 Å². The Hall–Kier alpha value is -1.20. The molecule has 4 rings (SSSR count). The van der Waals surface area contributed by atoms with Crippen molar-refractivity contribution >= 4 is 18.3 Å². The maximum atomic E-state index is 12.5. The second-order valence-corrected chi connectivity index (χ2v) is 7.96. The van der Waals surface area contributed by atoms with Crippen molar-refractivity contribution in [1.82, 2.24) is 15.3 Å². The molecule has 138 valence electrons. The summed E-state index contributed by atoms with van der Waals surface area (Å²) in [5.74, 6) is 3.06. The van der Waals surface area contributed by atoms with E-state index in [1.807, 2.05) is 12.4 Å². The number of carbonyl (C=O) groups excluding carboxylic acids is 1. The predicted octanol–water partition coefficient (Wildman–Crippen LogP) is 2.59. The van der Waals surface area contributed by atoms with E-state index in [2.05, 4.69) is 15.3 Å². The Morgan fingerprint density at radius 3 is 2.36 bits per heavy atom. The summed E-state index contributed by atoms with van der Waals surface area (Å²) in [5.41, 5.74) is 7.41. The molecule has 0 radical (unpaired) electrons. The molecule has 2 bridgehead atoms. The second kappa shape index (κ2) is 8.00. The van der Waals surface area contributed by atoms with Crippen molar-refractivity contribution in [2.75, 3.05) is 6.54 Å². The standard InChI is InChI=1S/C19H28N4O.ClH/c20-17-14-2-1-3-15(17)9-16(8-14)19(24)21-7-6-12-10-22-18(23-11-12)13-4-5-13;/h10-11,13-17H,1-9,20H2,(H,21,24);1H. The molecule has 0 saturated heterocycles. The van der Waals surface area contributed by atoms with Crippen molar-refractivity contribution in [1.29, 1.82) is 0 Å². The highest BCUT2D eigenvalue weighted by Crippen LogP contribution is 2.41. The SMILES string of the molecule is Cl.NC1C2CCCC1CC(C(=O)NCCc1cnc(C3CC3)nc1)C2. The van der Waals surface area contributed by atoms with Gasteiger partial charge in [0.1, 0.15) is 5.82 Å². The summed E-state index contributed by atoms with van der Waals surface area (Å²) in [6.45, 7) is 0.669. The normalized spacial score (nSPS) is 31.1. The third kappa shape index (κ3) is 4.32. The van der Waals surface area contributed by atoms with E-state index in [-0.39, 0.29) is 24.2 Å². The van der Waals surface area contributed by atoms with Gasteiger partial charge in [-0.15, -0.1) is 12.4 Å². The Bertz CT molecular complexity index is 576. The quantitative estimate of drug-likeness (QED) is 0.841. The van der Waals surface area contributed by atoms with Crippen LogP contribution in [0.25, 0.3) is 0 Å². The van der Waals surface area contributed by atoms with Crippen LogP contribution in [-0.4, -0.2) is 28.5 Å². The molecule has 3 fully saturated rings. The molecular formula is C19H29ClN4O. The smallest absolute Gasteiger partial charge is 0.223 e. The lowest BCUT2D eigenvalue weighted by Gasteiger charge is -2.43. The van der Waals surface area contributed by atoms with Gasteiger partial charge in [-0.1, -0.05) is 6.42 Å². The Balaban J connectivity index is 0.00000182. The zero-order chi connectivity index (χ0) is 16.5. The van der Waals surface area contributed by atoms with E-state index in [0.29, 0.717) is 30.3 Å². The molecule has 2 unspecified atom stereocenters. The number of halogens is 1. The fraction of sp³-hybridized carbons (Fsp3) is 0.737. The maximum absolute atomic E-state index is 12.5. The van der Waals surface area contributed by atoms with Gasteiger partial charge in [-0.05, 0) is 62.3 Å². The van der Waals surface area contributed by atoms with E-state index < -0.39 is 0 Å². The van der Waals surface area contributed by atoms with Crippen LogP contribution < -0.4 is 11.1 Å². The second-order valence-electron chi connectivity index (χ2n) is 7.96. The van der Waals surface area contributed by atoms with Crippen molar-refractivity contribution in [3.8, 4) is 0 Å². The number of hydrogen-bond acceptors (Lipinski definition) is 4. The average molecular weight is 365 g/mol. The first kappa shape index (κ1) is 18.6. The van der Waals surface area contributed by atoms with Crippen LogP contribution in [0.1, 0.15) is 62.3 Å². The van der Waals surface area contributed by atoms with Crippen LogP contribution in [0.3, 0.4) is 0 Å². The minimum absolute atomic E-state index is 0. The average Bonchev–Trinajstić information content (AvgIpc) is 3.40. The highest BCUT2D eigenvalue weighted by Gasteiger charge is 2.40. The van der Waals surface area contributed by atoms with Gasteiger partial charge < -0.3 is 11.1 Å². The highest BCUT2D eigenvalue weighted by molar-refractivity contribution is 5.85. The molecule has 3 N–H and O–H groups in total. The topological polar surface area (TPSA) is 80.9 Å². The number of nitrogens with two attached hydrogens (primary N) is 1. The summed E-state index contributed by atoms with van der Waals surface area (Å²) in [4.78, 5) is 21.4. The third-order valence-electron chi connectivity index (χ3n) is 6.16. The van der Waals surface area contributed by atoms with Gasteiger partial charge in [-0.2, -0.15) is 0 Å². The van der Waals surface area contributed by atoms with Crippen molar-refractivity contribution in [3.05, 3.63) is 23.8 Å². The Kier molecular flexibility index (Phi) is 5.95. The molecule has 25 heavy (non-hydrogen) atoms. The monoisotopic (exact) mass is 364 g/mol. The molecular weight excluding hydrogens is 336 g/mol. The number of fused-ring (bicyclic) bond motifs is 2. The predicted molar refractivity (Wildman–Crippen MR) is 99.5 cm³/mol. The Morgan fingerprint density at radius 1 is 1.12 bits per heavy atom. The largest absolute Gasteiger partial charge is 0.356 e. The fourth-order valence-electron chi connectivity index (χ4n) is 4.52. The first-order valence-corrected chi connectivity index (χ1v) is 9.55. The third-order valence-corrected chi connectivity index (χ3v) is 6.16. The highest BCUT2D eigenvalue weighted by atomic mass is 35.5. The summed E-state index contributed by atoms with van der Waals surface area (Å²) in [5, 5.41) is 3.12. The van der Waals surface area contributed by atoms with Gasteiger partial charge in [0.25, 0.3) is 0 Å². The number of nitrogens with one attached hydrogen (secondary N) is 1. The summed E-state index contributed by atoms with van der Waals surface area (Å²) >= 11 is 0. The molecule has 1 heterocycles. The molecule has 5 nitrogen and oxygen atoms in total. The van der Waals surface area contributed by atoms with Crippen molar-refractivity contribution in [2.24, 2.45) is 23.5 Å². The minimum atomic E-state index is 0. The van der Waals surface area contributed by atoms with Crippen LogP contribution in [0.2, 0.25) is 0 Å². The summed E-state index contributed by atoms with van der Waals surface area (Å²) in [7, 11) is 0. The lowest BCUT2D eigenvalue weighted by atomic mass is 9.65. The van der Waals surface area contributed by atoms with Crippen LogP contribution in [0.15, 0.2) is 12.4 Å². The van der Waals surface area contributed by atoms with Gasteiger partial charge in [0, 0.05) is 36.8 Å². The molecule has 0 aromatic carbocycles. The van der Waals surface area contributed by atoms with Crippen LogP contribution in [-0.2, 0) is 11.2 Å². The molecule has 3 aliphatic rings. The van der Waals surface area contributed by atoms with Gasteiger partial charge in [0.05, 0.1) is 0 Å². The molecule has 0 spiro atoms. The Morgan fingerprint density at radius 2 is 1.76 bits per heavy atom. The van der Waals surface area contributed by atoms with Crippen LogP contribution in [0, 0.1) is 17.8 Å². The van der Waals surface area contributed by atoms with E-state index in [1.165, 1.54) is 32.1 Å². The van der Waals surface area contributed by atoms with E-state index in [1.54, 1.807) is 0 Å². The van der Waals surface area contributed by atoms with E-state index in [0.717, 1.165) is 30.7 Å². The molecule has 1 amide bonds. The maximum Gasteiger partial charge on any atom is 0.223 e. The Labute approximate surface area is 156 Å². The van der Waals surface area contributed by atoms with Crippen molar-refractivity contribution in [3.63, 3.8) is 0 Å². The van der Waals surface area contributed by atoms with Gasteiger partial charge in [0.15, 0.2) is 0 Å². The molecule has 6 heteroatoms. The zero-order valence-electron chi connectivity index (χ0n) is 14.7. The molecule has 2 atom stereocenters. The summed E-state index contributed by atoms with van der Waals surface area (Å²) < 4.78 is 0. The number of carbonyl (C=O) groups is 1. The lowest BCUT2D eigenvalue weighted by Crippen LogP contribution is -2.49. The first-order chi connectivity index (χ1) is 11.7. The minimum Gasteiger partial charge on any atom is -0.356 e. The van der Waals surface area contributed by atoms with Crippen LogP contribution in [0.5, 0.6) is 0 Å². The molecule has 1 aromatic heterocycles. The lowest BCUT2D eigenvalue weighted by molar-refractivity contribution is -0.127. The number of hydrogen-bond donors (Lipinski definition) is 2. The number of aromatic nitrogens is 2.